The minimum atomic E-state index is -1.04. The average molecular weight is 317 g/mol. The minimum Gasteiger partial charge on any atom is -0.478 e. The van der Waals surface area contributed by atoms with Crippen molar-refractivity contribution in [3.8, 4) is 5.69 Å². The summed E-state index contributed by atoms with van der Waals surface area (Å²) in [5, 5.41) is 17.1. The zero-order valence-corrected chi connectivity index (χ0v) is 11.8. The van der Waals surface area contributed by atoms with Gasteiger partial charge in [0.05, 0.1) is 27.4 Å². The number of carboxylic acids is 1. The highest BCUT2D eigenvalue weighted by Gasteiger charge is 2.12. The number of aromatic nitrogens is 3. The first-order valence-electron chi connectivity index (χ1n) is 6.16. The van der Waals surface area contributed by atoms with Crippen LogP contribution in [-0.2, 0) is 0 Å². The van der Waals surface area contributed by atoms with Crippen molar-refractivity contribution in [2.45, 2.75) is 0 Å². The lowest BCUT2D eigenvalue weighted by molar-refractivity contribution is 0.0696. The average Bonchev–Trinajstić information content (AvgIpc) is 2.89. The Bertz CT molecular complexity index is 920. The molecule has 0 aliphatic carbocycles. The number of carbonyl (C=O) groups excluding carboxylic acids is 1. The second-order valence-electron chi connectivity index (χ2n) is 4.54. The zero-order valence-electron chi connectivity index (χ0n) is 11.0. The molecule has 0 unspecified atom stereocenters. The number of aromatic carboxylic acids is 1. The second kappa shape index (κ2) is 5.12. The number of amides is 1. The Hall–Kier alpha value is -2.93. The second-order valence-corrected chi connectivity index (χ2v) is 4.95. The quantitative estimate of drug-likeness (QED) is 0.766. The van der Waals surface area contributed by atoms with Crippen LogP contribution in [0.15, 0.2) is 36.4 Å². The van der Waals surface area contributed by atoms with Crippen molar-refractivity contribution in [2.24, 2.45) is 5.73 Å². The maximum absolute atomic E-state index is 11.2. The molecule has 3 rings (SSSR count). The lowest BCUT2D eigenvalue weighted by atomic mass is 10.2. The van der Waals surface area contributed by atoms with E-state index in [1.165, 1.54) is 22.9 Å². The number of rotatable bonds is 3. The van der Waals surface area contributed by atoms with Gasteiger partial charge >= 0.3 is 5.97 Å². The number of nitrogens with zero attached hydrogens (tertiary/aromatic N) is 3. The number of hydrogen-bond acceptors (Lipinski definition) is 4. The zero-order chi connectivity index (χ0) is 15.9. The molecule has 1 aromatic heterocycles. The number of primary amides is 1. The van der Waals surface area contributed by atoms with Crippen molar-refractivity contribution in [2.75, 3.05) is 0 Å². The van der Waals surface area contributed by atoms with Gasteiger partial charge in [-0.25, -0.2) is 9.48 Å². The van der Waals surface area contributed by atoms with E-state index in [4.69, 9.17) is 22.4 Å². The summed E-state index contributed by atoms with van der Waals surface area (Å²) >= 11 is 6.02. The lowest BCUT2D eigenvalue weighted by Gasteiger charge is -2.05. The number of halogens is 1. The van der Waals surface area contributed by atoms with Crippen LogP contribution in [0.2, 0.25) is 5.02 Å². The number of benzene rings is 2. The Morgan fingerprint density at radius 3 is 2.59 bits per heavy atom. The smallest absolute Gasteiger partial charge is 0.335 e. The minimum absolute atomic E-state index is 0.127. The molecule has 0 aliphatic heterocycles. The van der Waals surface area contributed by atoms with E-state index in [0.29, 0.717) is 16.7 Å². The first kappa shape index (κ1) is 14.0. The van der Waals surface area contributed by atoms with Crippen LogP contribution in [0.5, 0.6) is 0 Å². The molecule has 2 aromatic carbocycles. The van der Waals surface area contributed by atoms with E-state index in [2.05, 4.69) is 10.3 Å². The highest BCUT2D eigenvalue weighted by molar-refractivity contribution is 6.34. The van der Waals surface area contributed by atoms with Crippen LogP contribution in [0, 0.1) is 0 Å². The van der Waals surface area contributed by atoms with Crippen LogP contribution >= 0.6 is 11.6 Å². The van der Waals surface area contributed by atoms with E-state index in [1.807, 2.05) is 0 Å². The molecular weight excluding hydrogens is 308 g/mol. The van der Waals surface area contributed by atoms with Crippen LogP contribution in [0.25, 0.3) is 16.7 Å². The van der Waals surface area contributed by atoms with Gasteiger partial charge < -0.3 is 10.8 Å². The summed E-state index contributed by atoms with van der Waals surface area (Å²) in [6.07, 6.45) is 0. The topological polar surface area (TPSA) is 111 Å². The summed E-state index contributed by atoms with van der Waals surface area (Å²) < 4.78 is 1.50. The number of carbonyl (C=O) groups is 2. The third-order valence-electron chi connectivity index (χ3n) is 3.16. The fourth-order valence-corrected chi connectivity index (χ4v) is 2.35. The maximum Gasteiger partial charge on any atom is 0.335 e. The standard InChI is InChI=1S/C14H9ClN4O3/c15-10-6-8(2-3-9(10)13(16)20)19-12-4-1-7(14(21)22)5-11(12)17-18-19/h1-6H,(H2,16,20)(H,21,22). The van der Waals surface area contributed by atoms with Gasteiger partial charge in [0, 0.05) is 0 Å². The number of nitrogens with two attached hydrogens (primary N) is 1. The third-order valence-corrected chi connectivity index (χ3v) is 3.47. The fraction of sp³-hybridized carbons (Fsp3) is 0. The van der Waals surface area contributed by atoms with E-state index < -0.39 is 11.9 Å². The summed E-state index contributed by atoms with van der Waals surface area (Å²) in [5.41, 5.74) is 7.18. The van der Waals surface area contributed by atoms with Crippen LogP contribution in [0.3, 0.4) is 0 Å². The molecule has 1 amide bonds. The Labute approximate surface area is 128 Å². The largest absolute Gasteiger partial charge is 0.478 e. The first-order chi connectivity index (χ1) is 10.5. The van der Waals surface area contributed by atoms with Gasteiger partial charge in [-0.3, -0.25) is 4.79 Å². The van der Waals surface area contributed by atoms with E-state index in [9.17, 15) is 9.59 Å². The molecular formula is C14H9ClN4O3. The lowest BCUT2D eigenvalue weighted by Crippen LogP contribution is -2.11. The molecule has 1 heterocycles. The van der Waals surface area contributed by atoms with E-state index >= 15 is 0 Å². The molecule has 0 aliphatic rings. The van der Waals surface area contributed by atoms with Gasteiger partial charge in [0.15, 0.2) is 0 Å². The monoisotopic (exact) mass is 316 g/mol. The summed E-state index contributed by atoms with van der Waals surface area (Å²) in [4.78, 5) is 22.1. The summed E-state index contributed by atoms with van der Waals surface area (Å²) in [5.74, 6) is -1.66. The van der Waals surface area contributed by atoms with Crippen molar-refractivity contribution in [1.29, 1.82) is 0 Å². The molecule has 0 fully saturated rings. The van der Waals surface area contributed by atoms with Gasteiger partial charge in [0.25, 0.3) is 0 Å². The Kier molecular flexibility index (Phi) is 3.26. The maximum atomic E-state index is 11.2. The van der Waals surface area contributed by atoms with Gasteiger partial charge in [-0.15, -0.1) is 5.10 Å². The highest BCUT2D eigenvalue weighted by Crippen LogP contribution is 2.23. The van der Waals surface area contributed by atoms with Gasteiger partial charge in [0.1, 0.15) is 5.52 Å². The number of fused-ring (bicyclic) bond motifs is 1. The summed E-state index contributed by atoms with van der Waals surface area (Å²) in [6.45, 7) is 0. The van der Waals surface area contributed by atoms with Crippen LogP contribution < -0.4 is 5.73 Å². The predicted octanol–water partition coefficient (Wildman–Crippen LogP) is 1.87. The van der Waals surface area contributed by atoms with Crippen LogP contribution in [-0.4, -0.2) is 32.0 Å². The SMILES string of the molecule is NC(=O)c1ccc(-n2nnc3cc(C(=O)O)ccc32)cc1Cl. The first-order valence-corrected chi connectivity index (χ1v) is 6.53. The number of hydrogen-bond donors (Lipinski definition) is 2. The Morgan fingerprint density at radius 1 is 1.18 bits per heavy atom. The van der Waals surface area contributed by atoms with E-state index in [1.54, 1.807) is 18.2 Å². The molecule has 0 atom stereocenters. The van der Waals surface area contributed by atoms with Crippen molar-refractivity contribution in [3.63, 3.8) is 0 Å². The molecule has 110 valence electrons. The fourth-order valence-electron chi connectivity index (χ4n) is 2.08. The van der Waals surface area contributed by atoms with Gasteiger partial charge in [0.2, 0.25) is 5.91 Å². The molecule has 0 saturated heterocycles. The summed E-state index contributed by atoms with van der Waals surface area (Å²) in [7, 11) is 0. The third kappa shape index (κ3) is 2.27. The molecule has 3 N–H and O–H groups in total. The van der Waals surface area contributed by atoms with Crippen molar-refractivity contribution >= 4 is 34.5 Å². The van der Waals surface area contributed by atoms with Crippen molar-refractivity contribution < 1.29 is 14.7 Å². The van der Waals surface area contributed by atoms with Crippen LogP contribution in [0.1, 0.15) is 20.7 Å². The molecule has 7 nitrogen and oxygen atoms in total. The normalized spacial score (nSPS) is 10.8. The predicted molar refractivity (Wildman–Crippen MR) is 79.4 cm³/mol. The molecule has 0 saturated carbocycles. The molecule has 0 spiro atoms. The van der Waals surface area contributed by atoms with E-state index in [0.717, 1.165) is 0 Å². The van der Waals surface area contributed by atoms with Gasteiger partial charge in [-0.2, -0.15) is 0 Å². The molecule has 3 aromatic rings. The van der Waals surface area contributed by atoms with Gasteiger partial charge in [-0.05, 0) is 36.4 Å². The van der Waals surface area contributed by atoms with Crippen LogP contribution in [0.4, 0.5) is 0 Å². The molecule has 0 bridgehead atoms. The van der Waals surface area contributed by atoms with Crippen molar-refractivity contribution in [3.05, 3.63) is 52.5 Å². The molecule has 0 radical (unpaired) electrons. The highest BCUT2D eigenvalue weighted by atomic mass is 35.5. The number of carboxylic acid groups (broad SMARTS) is 1. The molecule has 8 heteroatoms. The Balaban J connectivity index is 2.13. The van der Waals surface area contributed by atoms with Crippen molar-refractivity contribution in [1.82, 2.24) is 15.0 Å². The van der Waals surface area contributed by atoms with Gasteiger partial charge in [-0.1, -0.05) is 16.8 Å². The molecule has 22 heavy (non-hydrogen) atoms. The Morgan fingerprint density at radius 2 is 1.95 bits per heavy atom. The summed E-state index contributed by atoms with van der Waals surface area (Å²) in [6, 6.07) is 9.17. The van der Waals surface area contributed by atoms with E-state index in [-0.39, 0.29) is 16.1 Å².